The van der Waals surface area contributed by atoms with E-state index >= 15 is 0 Å². The van der Waals surface area contributed by atoms with Gasteiger partial charge in [-0.2, -0.15) is 0 Å². The zero-order valence-electron chi connectivity index (χ0n) is 19.0. The van der Waals surface area contributed by atoms with Crippen LogP contribution in [0.25, 0.3) is 11.1 Å². The van der Waals surface area contributed by atoms with Crippen LogP contribution in [0, 0.1) is 6.92 Å². The van der Waals surface area contributed by atoms with Gasteiger partial charge in [-0.15, -0.1) is 0 Å². The number of hydrogen-bond acceptors (Lipinski definition) is 5. The molecule has 8 nitrogen and oxygen atoms in total. The standard InChI is InChI=1S/C24H28N2O6/c1-14-18(25-23(30)26-19(27)11-12-31-5)13-17(21(32-6)20(14)24(2,3)4)15-7-9-16(10-8-15)22(28)29/h7-13H,1-6H3,(H,28,29)(H2,25,26,27,30). The molecule has 0 spiro atoms. The van der Waals surface area contributed by atoms with Crippen molar-refractivity contribution in [2.75, 3.05) is 19.5 Å². The highest BCUT2D eigenvalue weighted by atomic mass is 16.5. The molecular weight excluding hydrogens is 412 g/mol. The van der Waals surface area contributed by atoms with Crippen LogP contribution in [-0.4, -0.2) is 37.2 Å². The number of anilines is 1. The molecule has 0 atom stereocenters. The second-order valence-electron chi connectivity index (χ2n) is 8.12. The van der Waals surface area contributed by atoms with Gasteiger partial charge in [0.25, 0.3) is 5.91 Å². The Labute approximate surface area is 187 Å². The number of carbonyl (C=O) groups is 3. The van der Waals surface area contributed by atoms with E-state index in [2.05, 4.69) is 15.4 Å². The van der Waals surface area contributed by atoms with E-state index in [0.717, 1.165) is 29.0 Å². The lowest BCUT2D eigenvalue weighted by Gasteiger charge is -2.28. The number of nitrogens with one attached hydrogen (secondary N) is 2. The summed E-state index contributed by atoms with van der Waals surface area (Å²) in [5.74, 6) is -1.02. The van der Waals surface area contributed by atoms with Gasteiger partial charge < -0.3 is 19.9 Å². The highest BCUT2D eigenvalue weighted by Crippen LogP contribution is 2.44. The predicted octanol–water partition coefficient (Wildman–Crippen LogP) is 4.47. The maximum absolute atomic E-state index is 12.4. The first kappa shape index (κ1) is 24.5. The number of carbonyl (C=O) groups excluding carboxylic acids is 2. The van der Waals surface area contributed by atoms with E-state index in [1.54, 1.807) is 25.3 Å². The topological polar surface area (TPSA) is 114 Å². The summed E-state index contributed by atoms with van der Waals surface area (Å²) >= 11 is 0. The van der Waals surface area contributed by atoms with Crippen molar-refractivity contribution in [2.45, 2.75) is 33.1 Å². The Morgan fingerprint density at radius 1 is 1.06 bits per heavy atom. The molecule has 8 heteroatoms. The molecule has 0 aliphatic rings. The minimum absolute atomic E-state index is 0.163. The molecule has 0 saturated heterocycles. The molecule has 0 unspecified atom stereocenters. The van der Waals surface area contributed by atoms with Crippen LogP contribution in [0.5, 0.6) is 5.75 Å². The summed E-state index contributed by atoms with van der Waals surface area (Å²) in [7, 11) is 2.96. The molecule has 0 bridgehead atoms. The Kier molecular flexibility index (Phi) is 7.64. The van der Waals surface area contributed by atoms with Crippen molar-refractivity contribution in [1.29, 1.82) is 0 Å². The SMILES string of the molecule is COC=CC(=O)NC(=O)Nc1cc(-c2ccc(C(=O)O)cc2)c(OC)c(C(C)(C)C)c1C. The summed E-state index contributed by atoms with van der Waals surface area (Å²) in [5, 5.41) is 14.1. The quantitative estimate of drug-likeness (QED) is 0.451. The van der Waals surface area contributed by atoms with Crippen molar-refractivity contribution in [2.24, 2.45) is 0 Å². The first-order chi connectivity index (χ1) is 15.0. The number of ether oxygens (including phenoxy) is 2. The largest absolute Gasteiger partial charge is 0.504 e. The summed E-state index contributed by atoms with van der Waals surface area (Å²) in [6.45, 7) is 7.94. The van der Waals surface area contributed by atoms with Crippen LogP contribution >= 0.6 is 0 Å². The zero-order valence-corrected chi connectivity index (χ0v) is 19.0. The maximum Gasteiger partial charge on any atom is 0.335 e. The third-order valence-corrected chi connectivity index (χ3v) is 4.78. The number of amides is 3. The Morgan fingerprint density at radius 2 is 1.69 bits per heavy atom. The number of benzene rings is 2. The van der Waals surface area contributed by atoms with Crippen molar-refractivity contribution < 1.29 is 29.0 Å². The molecule has 3 amide bonds. The molecule has 0 fully saturated rings. The lowest BCUT2D eigenvalue weighted by atomic mass is 9.80. The number of urea groups is 1. The van der Waals surface area contributed by atoms with Gasteiger partial charge in [0, 0.05) is 22.9 Å². The summed E-state index contributed by atoms with van der Waals surface area (Å²) < 4.78 is 10.4. The van der Waals surface area contributed by atoms with Crippen molar-refractivity contribution in [3.8, 4) is 16.9 Å². The van der Waals surface area contributed by atoms with E-state index in [-0.39, 0.29) is 11.0 Å². The molecular formula is C24H28N2O6. The highest BCUT2D eigenvalue weighted by molar-refractivity contribution is 6.05. The number of hydrogen-bond donors (Lipinski definition) is 3. The molecule has 2 aromatic rings. The number of imide groups is 1. The average molecular weight is 440 g/mol. The summed E-state index contributed by atoms with van der Waals surface area (Å²) in [4.78, 5) is 35.4. The van der Waals surface area contributed by atoms with Gasteiger partial charge in [0.05, 0.1) is 26.0 Å². The summed E-state index contributed by atoms with van der Waals surface area (Å²) in [6.07, 6.45) is 2.26. The molecule has 0 saturated carbocycles. The van der Waals surface area contributed by atoms with Crippen molar-refractivity contribution in [1.82, 2.24) is 5.32 Å². The van der Waals surface area contributed by atoms with Crippen molar-refractivity contribution in [3.63, 3.8) is 0 Å². The normalized spacial score (nSPS) is 11.2. The van der Waals surface area contributed by atoms with Crippen molar-refractivity contribution >= 4 is 23.6 Å². The fourth-order valence-corrected chi connectivity index (χ4v) is 3.45. The predicted molar refractivity (Wildman–Crippen MR) is 122 cm³/mol. The Balaban J connectivity index is 2.59. The van der Waals surface area contributed by atoms with E-state index in [9.17, 15) is 19.5 Å². The third kappa shape index (κ3) is 5.66. The van der Waals surface area contributed by atoms with Crippen LogP contribution in [0.4, 0.5) is 10.5 Å². The first-order valence-electron chi connectivity index (χ1n) is 9.86. The molecule has 0 heterocycles. The number of carboxylic acid groups (broad SMARTS) is 1. The minimum Gasteiger partial charge on any atom is -0.504 e. The fourth-order valence-electron chi connectivity index (χ4n) is 3.45. The molecule has 0 aliphatic heterocycles. The van der Waals surface area contributed by atoms with Gasteiger partial charge in [0.2, 0.25) is 0 Å². The second-order valence-corrected chi connectivity index (χ2v) is 8.12. The van der Waals surface area contributed by atoms with E-state index < -0.39 is 17.9 Å². The van der Waals surface area contributed by atoms with Crippen LogP contribution in [0.15, 0.2) is 42.7 Å². The van der Waals surface area contributed by atoms with Gasteiger partial charge in [-0.1, -0.05) is 32.9 Å². The molecule has 32 heavy (non-hydrogen) atoms. The Bertz CT molecular complexity index is 1050. The molecule has 0 aromatic heterocycles. The van der Waals surface area contributed by atoms with E-state index in [4.69, 9.17) is 4.74 Å². The molecule has 2 rings (SSSR count). The highest BCUT2D eigenvalue weighted by Gasteiger charge is 2.27. The maximum atomic E-state index is 12.4. The van der Waals surface area contributed by atoms with Gasteiger partial charge >= 0.3 is 12.0 Å². The van der Waals surface area contributed by atoms with E-state index in [0.29, 0.717) is 17.0 Å². The Morgan fingerprint density at radius 3 is 2.19 bits per heavy atom. The van der Waals surface area contributed by atoms with E-state index in [1.165, 1.54) is 19.2 Å². The first-order valence-corrected chi connectivity index (χ1v) is 9.86. The molecule has 170 valence electrons. The lowest BCUT2D eigenvalue weighted by Crippen LogP contribution is -2.33. The van der Waals surface area contributed by atoms with Gasteiger partial charge in [-0.25, -0.2) is 9.59 Å². The molecule has 0 radical (unpaired) electrons. The monoisotopic (exact) mass is 440 g/mol. The molecule has 3 N–H and O–H groups in total. The minimum atomic E-state index is -1.02. The molecule has 0 aliphatic carbocycles. The second kappa shape index (κ2) is 10.00. The Hall–Kier alpha value is -3.81. The van der Waals surface area contributed by atoms with Crippen LogP contribution in [0.1, 0.15) is 42.3 Å². The number of aromatic carboxylic acids is 1. The van der Waals surface area contributed by atoms with Gasteiger partial charge in [0.1, 0.15) is 5.75 Å². The smallest absolute Gasteiger partial charge is 0.335 e. The van der Waals surface area contributed by atoms with Crippen LogP contribution < -0.4 is 15.4 Å². The lowest BCUT2D eigenvalue weighted by molar-refractivity contribution is -0.115. The number of methoxy groups -OCH3 is 2. The van der Waals surface area contributed by atoms with Crippen LogP contribution in [0.2, 0.25) is 0 Å². The van der Waals surface area contributed by atoms with Crippen molar-refractivity contribution in [3.05, 3.63) is 59.4 Å². The van der Waals surface area contributed by atoms with E-state index in [1.807, 2.05) is 27.7 Å². The number of carboxylic acids is 1. The summed E-state index contributed by atoms with van der Waals surface area (Å²) in [6, 6.07) is 7.44. The third-order valence-electron chi connectivity index (χ3n) is 4.78. The molecule has 2 aromatic carbocycles. The summed E-state index contributed by atoms with van der Waals surface area (Å²) in [5.41, 5.74) is 3.39. The van der Waals surface area contributed by atoms with Gasteiger partial charge in [0.15, 0.2) is 0 Å². The van der Waals surface area contributed by atoms with Gasteiger partial charge in [-0.3, -0.25) is 10.1 Å². The van der Waals surface area contributed by atoms with Crippen LogP contribution in [0.3, 0.4) is 0 Å². The number of rotatable bonds is 6. The zero-order chi connectivity index (χ0) is 24.1. The fraction of sp³-hybridized carbons (Fsp3) is 0.292. The average Bonchev–Trinajstić information content (AvgIpc) is 2.72. The van der Waals surface area contributed by atoms with Crippen LogP contribution in [-0.2, 0) is 14.9 Å². The van der Waals surface area contributed by atoms with Gasteiger partial charge in [-0.05, 0) is 41.7 Å².